The van der Waals surface area contributed by atoms with Gasteiger partial charge in [0.1, 0.15) is 5.82 Å². The Balaban J connectivity index is 1.48. The Morgan fingerprint density at radius 1 is 1.17 bits per heavy atom. The fraction of sp³-hybridized carbons (Fsp3) is 0.846. The maximum absolute atomic E-state index is 4.46. The Hall–Kier alpha value is -0.550. The molecule has 4 nitrogen and oxygen atoms in total. The van der Waals surface area contributed by atoms with Gasteiger partial charge in [0.15, 0.2) is 5.16 Å². The SMILES string of the molecule is C1CC(CSc2nnc(C3CC3)n2C2CC2)CN1. The van der Waals surface area contributed by atoms with E-state index in [4.69, 9.17) is 0 Å². The Bertz CT molecular complexity index is 430. The normalized spacial score (nSPS) is 27.9. The molecule has 0 radical (unpaired) electrons. The van der Waals surface area contributed by atoms with E-state index in [1.807, 2.05) is 11.8 Å². The first-order chi connectivity index (χ1) is 8.92. The quantitative estimate of drug-likeness (QED) is 0.828. The highest BCUT2D eigenvalue weighted by Gasteiger charge is 2.36. The van der Waals surface area contributed by atoms with Crippen molar-refractivity contribution < 1.29 is 0 Å². The molecular formula is C13H20N4S. The molecule has 1 aromatic rings. The van der Waals surface area contributed by atoms with Crippen LogP contribution in [0.15, 0.2) is 5.16 Å². The number of hydrogen-bond acceptors (Lipinski definition) is 4. The van der Waals surface area contributed by atoms with Gasteiger partial charge in [-0.15, -0.1) is 10.2 Å². The fourth-order valence-corrected chi connectivity index (χ4v) is 3.88. The van der Waals surface area contributed by atoms with Gasteiger partial charge in [-0.05, 0) is 51.1 Å². The number of nitrogens with one attached hydrogen (secondary N) is 1. The molecule has 4 rings (SSSR count). The van der Waals surface area contributed by atoms with Crippen LogP contribution in [0.2, 0.25) is 0 Å². The highest BCUT2D eigenvalue weighted by Crippen LogP contribution is 2.46. The van der Waals surface area contributed by atoms with E-state index in [0.717, 1.165) is 17.9 Å². The van der Waals surface area contributed by atoms with Crippen LogP contribution in [-0.2, 0) is 0 Å². The van der Waals surface area contributed by atoms with Gasteiger partial charge in [-0.2, -0.15) is 0 Å². The van der Waals surface area contributed by atoms with E-state index in [1.54, 1.807) is 0 Å². The molecule has 0 aromatic carbocycles. The molecule has 1 aromatic heterocycles. The van der Waals surface area contributed by atoms with Crippen molar-refractivity contribution in [1.82, 2.24) is 20.1 Å². The van der Waals surface area contributed by atoms with Gasteiger partial charge < -0.3 is 9.88 Å². The molecule has 0 spiro atoms. The van der Waals surface area contributed by atoms with Crippen molar-refractivity contribution in [3.63, 3.8) is 0 Å². The van der Waals surface area contributed by atoms with Crippen LogP contribution >= 0.6 is 11.8 Å². The van der Waals surface area contributed by atoms with Gasteiger partial charge >= 0.3 is 0 Å². The van der Waals surface area contributed by atoms with Crippen LogP contribution in [0.4, 0.5) is 0 Å². The molecule has 98 valence electrons. The maximum atomic E-state index is 4.46. The third-order valence-electron chi connectivity index (χ3n) is 4.16. The summed E-state index contributed by atoms with van der Waals surface area (Å²) in [6, 6.07) is 0.722. The average Bonchev–Trinajstić information content (AvgIpc) is 3.31. The van der Waals surface area contributed by atoms with Crippen molar-refractivity contribution in [3.8, 4) is 0 Å². The molecule has 1 unspecified atom stereocenters. The molecule has 1 atom stereocenters. The molecule has 2 saturated carbocycles. The number of nitrogens with zero attached hydrogens (tertiary/aromatic N) is 3. The number of aromatic nitrogens is 3. The highest BCUT2D eigenvalue weighted by molar-refractivity contribution is 7.99. The minimum Gasteiger partial charge on any atom is -0.316 e. The molecule has 0 bridgehead atoms. The second-order valence-electron chi connectivity index (χ2n) is 5.89. The summed E-state index contributed by atoms with van der Waals surface area (Å²) in [5, 5.41) is 13.5. The molecule has 1 saturated heterocycles. The highest BCUT2D eigenvalue weighted by atomic mass is 32.2. The fourth-order valence-electron chi connectivity index (χ4n) is 2.73. The molecule has 0 amide bonds. The first kappa shape index (κ1) is 11.3. The smallest absolute Gasteiger partial charge is 0.191 e. The number of hydrogen-bond donors (Lipinski definition) is 1. The average molecular weight is 264 g/mol. The zero-order chi connectivity index (χ0) is 11.9. The lowest BCUT2D eigenvalue weighted by Crippen LogP contribution is -2.11. The lowest BCUT2D eigenvalue weighted by molar-refractivity contribution is 0.621. The van der Waals surface area contributed by atoms with Crippen molar-refractivity contribution in [2.75, 3.05) is 18.8 Å². The summed E-state index contributed by atoms with van der Waals surface area (Å²) < 4.78 is 2.46. The minimum atomic E-state index is 0.722. The zero-order valence-electron chi connectivity index (χ0n) is 10.6. The van der Waals surface area contributed by atoms with E-state index in [-0.39, 0.29) is 0 Å². The Labute approximate surface area is 112 Å². The van der Waals surface area contributed by atoms with E-state index in [0.29, 0.717) is 0 Å². The van der Waals surface area contributed by atoms with Gasteiger partial charge in [0.05, 0.1) is 0 Å². The molecule has 18 heavy (non-hydrogen) atoms. The largest absolute Gasteiger partial charge is 0.316 e. The van der Waals surface area contributed by atoms with E-state index in [9.17, 15) is 0 Å². The summed E-state index contributed by atoms with van der Waals surface area (Å²) >= 11 is 1.93. The molecule has 5 heteroatoms. The molecule has 2 heterocycles. The van der Waals surface area contributed by atoms with E-state index in [1.165, 1.54) is 61.9 Å². The standard InChI is InChI=1S/C13H20N4S/c1-2-10(1)12-15-16-13(17(12)11-3-4-11)18-8-9-5-6-14-7-9/h9-11,14H,1-8H2. The first-order valence-corrected chi connectivity index (χ1v) is 8.18. The lowest BCUT2D eigenvalue weighted by atomic mass is 10.2. The van der Waals surface area contributed by atoms with Crippen LogP contribution in [0.3, 0.4) is 0 Å². The lowest BCUT2D eigenvalue weighted by Gasteiger charge is -2.10. The Kier molecular flexibility index (Phi) is 2.84. The molecular weight excluding hydrogens is 244 g/mol. The summed E-state index contributed by atoms with van der Waals surface area (Å²) in [6.45, 7) is 2.37. The molecule has 1 aliphatic heterocycles. The van der Waals surface area contributed by atoms with Crippen molar-refractivity contribution >= 4 is 11.8 Å². The minimum absolute atomic E-state index is 0.722. The van der Waals surface area contributed by atoms with Crippen molar-refractivity contribution in [3.05, 3.63) is 5.82 Å². The van der Waals surface area contributed by atoms with Crippen LogP contribution in [0.1, 0.15) is 49.9 Å². The van der Waals surface area contributed by atoms with Crippen LogP contribution in [-0.4, -0.2) is 33.6 Å². The summed E-state index contributed by atoms with van der Waals surface area (Å²) in [4.78, 5) is 0. The third kappa shape index (κ3) is 2.18. The molecule has 1 N–H and O–H groups in total. The Morgan fingerprint density at radius 2 is 2.06 bits per heavy atom. The van der Waals surface area contributed by atoms with Crippen LogP contribution in [0.25, 0.3) is 0 Å². The number of thioether (sulfide) groups is 1. The predicted octanol–water partition coefficient (Wildman–Crippen LogP) is 2.19. The Morgan fingerprint density at radius 3 is 2.72 bits per heavy atom. The van der Waals surface area contributed by atoms with Gasteiger partial charge in [0.2, 0.25) is 0 Å². The zero-order valence-corrected chi connectivity index (χ0v) is 11.5. The second-order valence-corrected chi connectivity index (χ2v) is 6.87. The van der Waals surface area contributed by atoms with Crippen LogP contribution in [0.5, 0.6) is 0 Å². The van der Waals surface area contributed by atoms with E-state index >= 15 is 0 Å². The van der Waals surface area contributed by atoms with Gasteiger partial charge in [-0.25, -0.2) is 0 Å². The summed E-state index contributed by atoms with van der Waals surface area (Å²) in [5.41, 5.74) is 0. The maximum Gasteiger partial charge on any atom is 0.191 e. The monoisotopic (exact) mass is 264 g/mol. The van der Waals surface area contributed by atoms with Crippen LogP contribution < -0.4 is 5.32 Å². The molecule has 3 aliphatic rings. The van der Waals surface area contributed by atoms with Crippen molar-refractivity contribution in [2.24, 2.45) is 5.92 Å². The molecule has 2 aliphatic carbocycles. The van der Waals surface area contributed by atoms with Crippen molar-refractivity contribution in [1.29, 1.82) is 0 Å². The predicted molar refractivity (Wildman–Crippen MR) is 72.0 cm³/mol. The molecule has 3 fully saturated rings. The van der Waals surface area contributed by atoms with Gasteiger partial charge in [-0.1, -0.05) is 11.8 Å². The summed E-state index contributed by atoms with van der Waals surface area (Å²) in [6.07, 6.45) is 6.62. The van der Waals surface area contributed by atoms with E-state index in [2.05, 4.69) is 20.1 Å². The topological polar surface area (TPSA) is 42.7 Å². The third-order valence-corrected chi connectivity index (χ3v) is 5.33. The first-order valence-electron chi connectivity index (χ1n) is 7.20. The van der Waals surface area contributed by atoms with Gasteiger partial charge in [0, 0.05) is 17.7 Å². The van der Waals surface area contributed by atoms with Crippen molar-refractivity contribution in [2.45, 2.75) is 49.2 Å². The number of rotatable bonds is 5. The van der Waals surface area contributed by atoms with Gasteiger partial charge in [0.25, 0.3) is 0 Å². The summed E-state index contributed by atoms with van der Waals surface area (Å²) in [5.74, 6) is 4.02. The second kappa shape index (κ2) is 4.53. The van der Waals surface area contributed by atoms with E-state index < -0.39 is 0 Å². The van der Waals surface area contributed by atoms with Gasteiger partial charge in [-0.3, -0.25) is 0 Å². The summed E-state index contributed by atoms with van der Waals surface area (Å²) in [7, 11) is 0. The van der Waals surface area contributed by atoms with Crippen LogP contribution in [0, 0.1) is 5.92 Å².